The molecule has 2 amide bonds. The number of hydrogen-bond donors (Lipinski definition) is 2. The smallest absolute Gasteiger partial charge is 0.317 e. The third-order valence-corrected chi connectivity index (χ3v) is 3.36. The van der Waals surface area contributed by atoms with E-state index in [2.05, 4.69) is 10.3 Å². The van der Waals surface area contributed by atoms with Crippen molar-refractivity contribution in [2.75, 3.05) is 13.6 Å². The molecule has 6 heteroatoms. The fourth-order valence-electron chi connectivity index (χ4n) is 2.32. The molecule has 2 N–H and O–H groups in total. The normalized spacial score (nSPS) is 11.3. The molecule has 0 unspecified atom stereocenters. The van der Waals surface area contributed by atoms with Crippen molar-refractivity contribution < 1.29 is 9.90 Å². The maximum atomic E-state index is 12.0. The van der Waals surface area contributed by atoms with E-state index in [0.29, 0.717) is 6.54 Å². The summed E-state index contributed by atoms with van der Waals surface area (Å²) in [4.78, 5) is 17.5. The van der Waals surface area contributed by atoms with Gasteiger partial charge in [0.1, 0.15) is 0 Å². The van der Waals surface area contributed by atoms with Crippen LogP contribution in [0.2, 0.25) is 0 Å². The number of nitrogens with one attached hydrogen (secondary N) is 1. The Morgan fingerprint density at radius 2 is 1.96 bits per heavy atom. The number of urea groups is 1. The molecular weight excluding hydrogens is 292 g/mol. The van der Waals surface area contributed by atoms with Crippen LogP contribution >= 0.6 is 0 Å². The second kappa shape index (κ2) is 7.28. The predicted octanol–water partition coefficient (Wildman–Crippen LogP) is 1.84. The Morgan fingerprint density at radius 3 is 2.52 bits per heavy atom. The first-order valence-electron chi connectivity index (χ1n) is 7.58. The first-order valence-corrected chi connectivity index (χ1v) is 7.58. The molecule has 0 radical (unpaired) electrons. The number of carbonyl (C=O) groups is 1. The van der Waals surface area contributed by atoms with Gasteiger partial charge in [0.2, 0.25) is 0 Å². The first kappa shape index (κ1) is 17.0. The summed E-state index contributed by atoms with van der Waals surface area (Å²) < 4.78 is 2.00. The highest BCUT2D eigenvalue weighted by Crippen LogP contribution is 2.07. The molecule has 0 bridgehead atoms. The van der Waals surface area contributed by atoms with E-state index in [4.69, 9.17) is 0 Å². The zero-order valence-electron chi connectivity index (χ0n) is 13.9. The van der Waals surface area contributed by atoms with Gasteiger partial charge in [-0.1, -0.05) is 24.3 Å². The molecular formula is C17H24N4O2. The Hall–Kier alpha value is -2.34. The van der Waals surface area contributed by atoms with E-state index >= 15 is 0 Å². The molecule has 0 atom stereocenters. The number of benzene rings is 1. The zero-order valence-corrected chi connectivity index (χ0v) is 13.9. The molecule has 0 fully saturated rings. The quantitative estimate of drug-likeness (QED) is 0.854. The maximum absolute atomic E-state index is 12.0. The number of nitrogens with zero attached hydrogens (tertiary/aromatic N) is 3. The van der Waals surface area contributed by atoms with Crippen molar-refractivity contribution in [1.29, 1.82) is 0 Å². The summed E-state index contributed by atoms with van der Waals surface area (Å²) in [5.74, 6) is 0. The Balaban J connectivity index is 1.83. The highest BCUT2D eigenvalue weighted by molar-refractivity contribution is 5.73. The minimum Gasteiger partial charge on any atom is -0.389 e. The van der Waals surface area contributed by atoms with Gasteiger partial charge in [-0.05, 0) is 25.0 Å². The average molecular weight is 316 g/mol. The van der Waals surface area contributed by atoms with Gasteiger partial charge >= 0.3 is 6.03 Å². The van der Waals surface area contributed by atoms with Crippen molar-refractivity contribution in [3.05, 3.63) is 54.1 Å². The number of imidazole rings is 1. The van der Waals surface area contributed by atoms with Crippen LogP contribution in [-0.4, -0.2) is 44.8 Å². The second-order valence-electron chi connectivity index (χ2n) is 6.38. The van der Waals surface area contributed by atoms with Crippen LogP contribution in [0.5, 0.6) is 0 Å². The minimum atomic E-state index is -0.902. The van der Waals surface area contributed by atoms with Crippen LogP contribution < -0.4 is 5.32 Å². The van der Waals surface area contributed by atoms with Crippen LogP contribution in [0.3, 0.4) is 0 Å². The molecule has 1 aromatic heterocycles. The molecule has 1 heterocycles. The van der Waals surface area contributed by atoms with Gasteiger partial charge in [0.05, 0.1) is 18.5 Å². The summed E-state index contributed by atoms with van der Waals surface area (Å²) in [6.45, 7) is 4.87. The number of rotatable bonds is 6. The molecule has 23 heavy (non-hydrogen) atoms. The molecule has 2 aromatic rings. The third-order valence-electron chi connectivity index (χ3n) is 3.36. The fraction of sp³-hybridized carbons (Fsp3) is 0.412. The summed E-state index contributed by atoms with van der Waals surface area (Å²) in [6, 6.07) is 7.89. The van der Waals surface area contributed by atoms with Gasteiger partial charge in [-0.3, -0.25) is 0 Å². The monoisotopic (exact) mass is 316 g/mol. The van der Waals surface area contributed by atoms with E-state index < -0.39 is 5.60 Å². The van der Waals surface area contributed by atoms with Gasteiger partial charge in [-0.15, -0.1) is 0 Å². The van der Waals surface area contributed by atoms with Gasteiger partial charge in [0.25, 0.3) is 0 Å². The Morgan fingerprint density at radius 1 is 1.30 bits per heavy atom. The molecule has 0 aliphatic heterocycles. The second-order valence-corrected chi connectivity index (χ2v) is 6.38. The number of hydrogen-bond acceptors (Lipinski definition) is 3. The van der Waals surface area contributed by atoms with Crippen molar-refractivity contribution in [1.82, 2.24) is 19.8 Å². The maximum Gasteiger partial charge on any atom is 0.317 e. The SMILES string of the molecule is CN(CC(C)(C)O)C(=O)NCc1ccc(Cn2ccnc2)cc1. The van der Waals surface area contributed by atoms with Crippen LogP contribution in [0.4, 0.5) is 4.79 Å². The van der Waals surface area contributed by atoms with E-state index in [1.807, 2.05) is 35.0 Å². The van der Waals surface area contributed by atoms with E-state index in [-0.39, 0.29) is 12.6 Å². The summed E-state index contributed by atoms with van der Waals surface area (Å²) in [5.41, 5.74) is 1.31. The molecule has 1 aromatic carbocycles. The van der Waals surface area contributed by atoms with Gasteiger partial charge in [0.15, 0.2) is 0 Å². The van der Waals surface area contributed by atoms with Crippen molar-refractivity contribution in [2.45, 2.75) is 32.5 Å². The Kier molecular flexibility index (Phi) is 5.39. The van der Waals surface area contributed by atoms with Crippen molar-refractivity contribution >= 4 is 6.03 Å². The van der Waals surface area contributed by atoms with Crippen LogP contribution in [0.1, 0.15) is 25.0 Å². The lowest BCUT2D eigenvalue weighted by atomic mass is 10.1. The van der Waals surface area contributed by atoms with Gasteiger partial charge < -0.3 is 19.9 Å². The number of aromatic nitrogens is 2. The van der Waals surface area contributed by atoms with Crippen molar-refractivity contribution in [3.8, 4) is 0 Å². The number of aliphatic hydroxyl groups is 1. The number of carbonyl (C=O) groups excluding carboxylic acids is 1. The lowest BCUT2D eigenvalue weighted by molar-refractivity contribution is 0.0531. The van der Waals surface area contributed by atoms with E-state index in [9.17, 15) is 9.90 Å². The van der Waals surface area contributed by atoms with Gasteiger partial charge in [-0.25, -0.2) is 9.78 Å². The van der Waals surface area contributed by atoms with E-state index in [1.54, 1.807) is 33.4 Å². The van der Waals surface area contributed by atoms with Crippen LogP contribution in [0, 0.1) is 0 Å². The summed E-state index contributed by atoms with van der Waals surface area (Å²) in [5, 5.41) is 12.6. The Bertz CT molecular complexity index is 615. The molecule has 0 saturated carbocycles. The zero-order chi connectivity index (χ0) is 16.9. The average Bonchev–Trinajstić information content (AvgIpc) is 2.97. The highest BCUT2D eigenvalue weighted by atomic mass is 16.3. The standard InChI is InChI=1S/C17H24N4O2/c1-17(2,23)12-20(3)16(22)19-10-14-4-6-15(7-5-14)11-21-9-8-18-13-21/h4-9,13,23H,10-12H2,1-3H3,(H,19,22). The Labute approximate surface area is 136 Å². The minimum absolute atomic E-state index is 0.199. The lowest BCUT2D eigenvalue weighted by Crippen LogP contribution is -2.44. The molecule has 6 nitrogen and oxygen atoms in total. The molecule has 2 rings (SSSR count). The molecule has 0 aliphatic rings. The van der Waals surface area contributed by atoms with Gasteiger partial charge in [-0.2, -0.15) is 0 Å². The molecule has 124 valence electrons. The molecule has 0 saturated heterocycles. The highest BCUT2D eigenvalue weighted by Gasteiger charge is 2.18. The predicted molar refractivity (Wildman–Crippen MR) is 88.9 cm³/mol. The van der Waals surface area contributed by atoms with Crippen LogP contribution in [0.15, 0.2) is 43.0 Å². The van der Waals surface area contributed by atoms with E-state index in [0.717, 1.165) is 12.1 Å². The first-order chi connectivity index (χ1) is 10.8. The summed E-state index contributed by atoms with van der Waals surface area (Å²) in [6.07, 6.45) is 5.47. The molecule has 0 aliphatic carbocycles. The summed E-state index contributed by atoms with van der Waals surface area (Å²) in [7, 11) is 1.67. The van der Waals surface area contributed by atoms with E-state index in [1.165, 1.54) is 10.5 Å². The number of likely N-dealkylation sites (N-methyl/N-ethyl adjacent to an activating group) is 1. The van der Waals surface area contributed by atoms with Crippen molar-refractivity contribution in [3.63, 3.8) is 0 Å². The third kappa shape index (κ3) is 5.75. The lowest BCUT2D eigenvalue weighted by Gasteiger charge is -2.25. The topological polar surface area (TPSA) is 70.4 Å². The van der Waals surface area contributed by atoms with Gasteiger partial charge in [0, 0.05) is 32.5 Å². The largest absolute Gasteiger partial charge is 0.389 e. The fourth-order valence-corrected chi connectivity index (χ4v) is 2.32. The molecule has 0 spiro atoms. The summed E-state index contributed by atoms with van der Waals surface area (Å²) >= 11 is 0. The van der Waals surface area contributed by atoms with Crippen molar-refractivity contribution in [2.24, 2.45) is 0 Å². The number of amides is 2. The van der Waals surface area contributed by atoms with Crippen LogP contribution in [0.25, 0.3) is 0 Å². The van der Waals surface area contributed by atoms with Crippen LogP contribution in [-0.2, 0) is 13.1 Å².